The molecular formula is C11H17NS. The number of aryl methyl sites for hydroxylation is 1. The van der Waals surface area contributed by atoms with E-state index in [-0.39, 0.29) is 0 Å². The second kappa shape index (κ2) is 2.58. The molecule has 2 heteroatoms. The van der Waals surface area contributed by atoms with Gasteiger partial charge < -0.3 is 5.73 Å². The summed E-state index contributed by atoms with van der Waals surface area (Å²) in [7, 11) is 0. The Morgan fingerprint density at radius 1 is 1.54 bits per heavy atom. The second-order valence-electron chi connectivity index (χ2n) is 4.78. The van der Waals surface area contributed by atoms with E-state index in [9.17, 15) is 0 Å². The van der Waals surface area contributed by atoms with Crippen LogP contribution in [0.5, 0.6) is 0 Å². The highest BCUT2D eigenvalue weighted by molar-refractivity contribution is 7.10. The standard InChI is InChI=1S/C11H17NS/c1-8-4-5-13-9(8)11(7-12)6-10(11,2)3/h4-5H,6-7,12H2,1-3H3. The first-order chi connectivity index (χ1) is 6.03. The summed E-state index contributed by atoms with van der Waals surface area (Å²) < 4.78 is 0. The van der Waals surface area contributed by atoms with Gasteiger partial charge >= 0.3 is 0 Å². The van der Waals surface area contributed by atoms with Crippen LogP contribution in [0, 0.1) is 12.3 Å². The van der Waals surface area contributed by atoms with Gasteiger partial charge in [-0.05, 0) is 35.8 Å². The van der Waals surface area contributed by atoms with Gasteiger partial charge in [-0.3, -0.25) is 0 Å². The van der Waals surface area contributed by atoms with E-state index in [1.807, 2.05) is 11.3 Å². The first-order valence-corrected chi connectivity index (χ1v) is 5.66. The third kappa shape index (κ3) is 1.09. The smallest absolute Gasteiger partial charge is 0.0229 e. The zero-order valence-corrected chi connectivity index (χ0v) is 9.37. The summed E-state index contributed by atoms with van der Waals surface area (Å²) in [6, 6.07) is 2.20. The van der Waals surface area contributed by atoms with E-state index < -0.39 is 0 Å². The fourth-order valence-corrected chi connectivity index (χ4v) is 3.72. The first-order valence-electron chi connectivity index (χ1n) is 4.78. The maximum Gasteiger partial charge on any atom is 0.0229 e. The molecule has 1 aromatic rings. The molecule has 0 radical (unpaired) electrons. The molecule has 72 valence electrons. The average Bonchev–Trinajstić information content (AvgIpc) is 2.43. The molecule has 1 atom stereocenters. The number of nitrogens with two attached hydrogens (primary N) is 1. The fourth-order valence-electron chi connectivity index (χ4n) is 2.40. The van der Waals surface area contributed by atoms with Crippen molar-refractivity contribution in [2.24, 2.45) is 11.1 Å². The molecule has 1 unspecified atom stereocenters. The molecule has 1 aliphatic carbocycles. The molecule has 1 nitrogen and oxygen atoms in total. The summed E-state index contributed by atoms with van der Waals surface area (Å²) >= 11 is 1.87. The molecule has 2 rings (SSSR count). The van der Waals surface area contributed by atoms with Crippen molar-refractivity contribution >= 4 is 11.3 Å². The summed E-state index contributed by atoms with van der Waals surface area (Å²) in [6.45, 7) is 7.62. The lowest BCUT2D eigenvalue weighted by atomic mass is 9.92. The molecule has 1 heterocycles. The van der Waals surface area contributed by atoms with Gasteiger partial charge in [0.25, 0.3) is 0 Å². The number of thiophene rings is 1. The lowest BCUT2D eigenvalue weighted by Crippen LogP contribution is -2.24. The van der Waals surface area contributed by atoms with Crippen LogP contribution in [-0.4, -0.2) is 6.54 Å². The van der Waals surface area contributed by atoms with Crippen molar-refractivity contribution in [1.82, 2.24) is 0 Å². The normalized spacial score (nSPS) is 30.5. The van der Waals surface area contributed by atoms with Crippen molar-refractivity contribution in [3.05, 3.63) is 21.9 Å². The third-order valence-corrected chi connectivity index (χ3v) is 4.78. The van der Waals surface area contributed by atoms with Gasteiger partial charge in [-0.15, -0.1) is 11.3 Å². The Bertz CT molecular complexity index is 327. The molecule has 1 aromatic heterocycles. The molecule has 0 aromatic carbocycles. The van der Waals surface area contributed by atoms with Crippen LogP contribution in [0.15, 0.2) is 11.4 Å². The van der Waals surface area contributed by atoms with Crippen molar-refractivity contribution in [2.45, 2.75) is 32.6 Å². The molecule has 0 saturated heterocycles. The molecule has 0 aliphatic heterocycles. The monoisotopic (exact) mass is 195 g/mol. The minimum atomic E-state index is 0.297. The second-order valence-corrected chi connectivity index (χ2v) is 5.70. The van der Waals surface area contributed by atoms with E-state index in [4.69, 9.17) is 5.73 Å². The van der Waals surface area contributed by atoms with Crippen molar-refractivity contribution in [1.29, 1.82) is 0 Å². The molecule has 1 aliphatic rings. The Morgan fingerprint density at radius 3 is 2.46 bits per heavy atom. The van der Waals surface area contributed by atoms with Gasteiger partial charge in [0.1, 0.15) is 0 Å². The topological polar surface area (TPSA) is 26.0 Å². The largest absolute Gasteiger partial charge is 0.330 e. The molecule has 2 N–H and O–H groups in total. The van der Waals surface area contributed by atoms with Gasteiger partial charge in [0.2, 0.25) is 0 Å². The maximum atomic E-state index is 5.91. The SMILES string of the molecule is Cc1ccsc1C1(CN)CC1(C)C. The third-order valence-electron chi connectivity index (χ3n) is 3.56. The number of hydrogen-bond donors (Lipinski definition) is 1. The molecule has 13 heavy (non-hydrogen) atoms. The summed E-state index contributed by atoms with van der Waals surface area (Å²) in [5, 5.41) is 2.18. The van der Waals surface area contributed by atoms with Crippen LogP contribution in [0.1, 0.15) is 30.7 Å². The van der Waals surface area contributed by atoms with Gasteiger partial charge in [0.15, 0.2) is 0 Å². The molecule has 1 fully saturated rings. The molecule has 0 bridgehead atoms. The molecule has 0 spiro atoms. The van der Waals surface area contributed by atoms with Crippen LogP contribution in [-0.2, 0) is 5.41 Å². The minimum Gasteiger partial charge on any atom is -0.330 e. The Balaban J connectivity index is 2.41. The number of rotatable bonds is 2. The Kier molecular flexibility index (Phi) is 1.83. The van der Waals surface area contributed by atoms with E-state index in [0.717, 1.165) is 6.54 Å². The van der Waals surface area contributed by atoms with E-state index in [1.165, 1.54) is 16.9 Å². The zero-order valence-electron chi connectivity index (χ0n) is 8.55. The average molecular weight is 195 g/mol. The van der Waals surface area contributed by atoms with E-state index in [1.54, 1.807) is 0 Å². The Morgan fingerprint density at radius 2 is 2.15 bits per heavy atom. The van der Waals surface area contributed by atoms with Crippen LogP contribution >= 0.6 is 11.3 Å². The molecular weight excluding hydrogens is 178 g/mol. The number of hydrogen-bond acceptors (Lipinski definition) is 2. The Labute approximate surface area is 84.0 Å². The van der Waals surface area contributed by atoms with Crippen LogP contribution in [0.4, 0.5) is 0 Å². The zero-order chi connectivity index (χ0) is 9.69. The molecule has 1 saturated carbocycles. The predicted molar refractivity (Wildman–Crippen MR) is 58.2 cm³/mol. The van der Waals surface area contributed by atoms with Gasteiger partial charge in [-0.25, -0.2) is 0 Å². The molecule has 0 amide bonds. The minimum absolute atomic E-state index is 0.297. The van der Waals surface area contributed by atoms with Gasteiger partial charge in [-0.1, -0.05) is 13.8 Å². The Hall–Kier alpha value is -0.340. The summed E-state index contributed by atoms with van der Waals surface area (Å²) in [4.78, 5) is 1.51. The van der Waals surface area contributed by atoms with Crippen LogP contribution in [0.3, 0.4) is 0 Å². The summed E-state index contributed by atoms with van der Waals surface area (Å²) in [5.41, 5.74) is 8.04. The van der Waals surface area contributed by atoms with E-state index in [2.05, 4.69) is 32.2 Å². The summed E-state index contributed by atoms with van der Waals surface area (Å²) in [6.07, 6.45) is 1.25. The van der Waals surface area contributed by atoms with Gasteiger partial charge in [-0.2, -0.15) is 0 Å². The van der Waals surface area contributed by atoms with Crippen molar-refractivity contribution < 1.29 is 0 Å². The maximum absolute atomic E-state index is 5.91. The first kappa shape index (κ1) is 9.22. The predicted octanol–water partition coefficient (Wildman–Crippen LogP) is 2.68. The lowest BCUT2D eigenvalue weighted by molar-refractivity contribution is 0.508. The lowest BCUT2D eigenvalue weighted by Gasteiger charge is -2.17. The van der Waals surface area contributed by atoms with Crippen LogP contribution < -0.4 is 5.73 Å². The fraction of sp³-hybridized carbons (Fsp3) is 0.636. The van der Waals surface area contributed by atoms with Crippen LogP contribution in [0.25, 0.3) is 0 Å². The van der Waals surface area contributed by atoms with Crippen molar-refractivity contribution in [2.75, 3.05) is 6.54 Å². The van der Waals surface area contributed by atoms with E-state index in [0.29, 0.717) is 10.8 Å². The highest BCUT2D eigenvalue weighted by Crippen LogP contribution is 2.65. The van der Waals surface area contributed by atoms with Crippen molar-refractivity contribution in [3.63, 3.8) is 0 Å². The van der Waals surface area contributed by atoms with Gasteiger partial charge in [0, 0.05) is 16.8 Å². The van der Waals surface area contributed by atoms with Gasteiger partial charge in [0.05, 0.1) is 0 Å². The van der Waals surface area contributed by atoms with E-state index >= 15 is 0 Å². The summed E-state index contributed by atoms with van der Waals surface area (Å²) in [5.74, 6) is 0. The van der Waals surface area contributed by atoms with Crippen LogP contribution in [0.2, 0.25) is 0 Å². The highest BCUT2D eigenvalue weighted by atomic mass is 32.1. The van der Waals surface area contributed by atoms with Crippen molar-refractivity contribution in [3.8, 4) is 0 Å². The quantitative estimate of drug-likeness (QED) is 0.771. The highest BCUT2D eigenvalue weighted by Gasteiger charge is 2.62.